The lowest BCUT2D eigenvalue weighted by molar-refractivity contribution is -0.150. The number of aliphatic hydroxyl groups excluding tert-OH is 1. The zero-order valence-corrected chi connectivity index (χ0v) is 12.7. The third-order valence-corrected chi connectivity index (χ3v) is 4.37. The number of carbonyl (C=O) groups is 1. The molecule has 1 aromatic heterocycles. The van der Waals surface area contributed by atoms with Gasteiger partial charge in [0.2, 0.25) is 0 Å². The smallest absolute Gasteiger partial charge is 0.339 e. The minimum absolute atomic E-state index is 0.479. The maximum atomic E-state index is 11.1. The van der Waals surface area contributed by atoms with Crippen LogP contribution < -0.4 is 0 Å². The highest BCUT2D eigenvalue weighted by atomic mass is 79.9. The van der Waals surface area contributed by atoms with Gasteiger partial charge in [-0.25, -0.2) is 4.79 Å². The van der Waals surface area contributed by atoms with Gasteiger partial charge in [0.15, 0.2) is 6.10 Å². The van der Waals surface area contributed by atoms with Gasteiger partial charge in [-0.1, -0.05) is 25.4 Å². The summed E-state index contributed by atoms with van der Waals surface area (Å²) in [6.07, 6.45) is -1.28. The van der Waals surface area contributed by atoms with E-state index in [1.165, 1.54) is 18.4 Å². The molecule has 0 aliphatic rings. The number of aryl methyl sites for hydroxylation is 1. The van der Waals surface area contributed by atoms with Crippen LogP contribution in [-0.4, -0.2) is 18.2 Å². The molecular weight excluding hydrogens is 316 g/mol. The van der Waals surface area contributed by atoms with E-state index in [4.69, 9.17) is 11.6 Å². The first-order valence-electron chi connectivity index (χ1n) is 4.69. The number of rotatable bonds is 2. The molecule has 0 aliphatic heterocycles. The highest BCUT2D eigenvalue weighted by Gasteiger charge is 2.25. The maximum absolute atomic E-state index is 11.1. The lowest BCUT2D eigenvalue weighted by Gasteiger charge is -2.08. The summed E-state index contributed by atoms with van der Waals surface area (Å²) >= 11 is 10.3. The molecule has 0 spiro atoms. The molecule has 0 saturated heterocycles. The number of hydrogen-bond donors (Lipinski definition) is 1. The Bertz CT molecular complexity index is 365. The van der Waals surface area contributed by atoms with Crippen LogP contribution in [0, 0.1) is 6.92 Å². The fourth-order valence-corrected chi connectivity index (χ4v) is 3.17. The van der Waals surface area contributed by atoms with E-state index in [9.17, 15) is 9.90 Å². The van der Waals surface area contributed by atoms with Crippen LogP contribution in [0.5, 0.6) is 0 Å². The number of hydrogen-bond acceptors (Lipinski definition) is 4. The van der Waals surface area contributed by atoms with Crippen molar-refractivity contribution in [3.63, 3.8) is 0 Å². The number of aliphatic hydroxyl groups is 1. The molecule has 1 aromatic rings. The number of methoxy groups -OCH3 is 1. The second-order valence-corrected chi connectivity index (χ2v) is 5.21. The normalized spacial score (nSPS) is 11.4. The van der Waals surface area contributed by atoms with Crippen molar-refractivity contribution in [3.05, 3.63) is 19.2 Å². The second kappa shape index (κ2) is 7.27. The molecule has 1 atom stereocenters. The first-order valence-corrected chi connectivity index (χ1v) is 6.68. The van der Waals surface area contributed by atoms with Crippen molar-refractivity contribution < 1.29 is 14.6 Å². The minimum Gasteiger partial charge on any atom is -0.467 e. The summed E-state index contributed by atoms with van der Waals surface area (Å²) in [6, 6.07) is 0. The van der Waals surface area contributed by atoms with Gasteiger partial charge in [-0.05, 0) is 22.9 Å². The Morgan fingerprint density at radius 1 is 1.56 bits per heavy atom. The van der Waals surface area contributed by atoms with Crippen molar-refractivity contribution in [1.82, 2.24) is 0 Å². The second-order valence-electron chi connectivity index (χ2n) is 2.59. The number of thiophene rings is 1. The zero-order chi connectivity index (χ0) is 12.9. The van der Waals surface area contributed by atoms with Gasteiger partial charge in [0, 0.05) is 10.4 Å². The molecule has 92 valence electrons. The van der Waals surface area contributed by atoms with Gasteiger partial charge in [0.05, 0.1) is 11.6 Å². The summed E-state index contributed by atoms with van der Waals surface area (Å²) in [5.74, 6) is -0.691. The van der Waals surface area contributed by atoms with E-state index in [-0.39, 0.29) is 0 Å². The van der Waals surface area contributed by atoms with Gasteiger partial charge >= 0.3 is 5.97 Å². The predicted octanol–water partition coefficient (Wildman–Crippen LogP) is 3.71. The van der Waals surface area contributed by atoms with Gasteiger partial charge in [0.25, 0.3) is 0 Å². The van der Waals surface area contributed by atoms with Crippen LogP contribution in [0.1, 0.15) is 30.4 Å². The number of ether oxygens (including phenoxy) is 1. The summed E-state index contributed by atoms with van der Waals surface area (Å²) in [6.45, 7) is 5.78. The average molecular weight is 330 g/mol. The molecule has 1 rings (SSSR count). The van der Waals surface area contributed by atoms with Crippen molar-refractivity contribution in [2.24, 2.45) is 0 Å². The molecule has 6 heteroatoms. The lowest BCUT2D eigenvalue weighted by Crippen LogP contribution is -2.13. The molecule has 0 amide bonds. The van der Waals surface area contributed by atoms with Gasteiger partial charge in [0.1, 0.15) is 4.34 Å². The van der Waals surface area contributed by atoms with E-state index in [0.29, 0.717) is 14.4 Å². The molecule has 1 heterocycles. The molecule has 16 heavy (non-hydrogen) atoms. The molecule has 3 nitrogen and oxygen atoms in total. The van der Waals surface area contributed by atoms with Crippen LogP contribution in [0.4, 0.5) is 0 Å². The van der Waals surface area contributed by atoms with E-state index in [2.05, 4.69) is 20.7 Å². The average Bonchev–Trinajstić information content (AvgIpc) is 2.54. The van der Waals surface area contributed by atoms with E-state index < -0.39 is 12.1 Å². The monoisotopic (exact) mass is 328 g/mol. The van der Waals surface area contributed by atoms with Gasteiger partial charge in [-0.2, -0.15) is 0 Å². The molecule has 0 fully saturated rings. The molecule has 0 radical (unpaired) electrons. The summed E-state index contributed by atoms with van der Waals surface area (Å²) < 4.78 is 5.51. The molecule has 0 saturated carbocycles. The van der Waals surface area contributed by atoms with Crippen molar-refractivity contribution in [3.8, 4) is 0 Å². The van der Waals surface area contributed by atoms with E-state index >= 15 is 0 Å². The summed E-state index contributed by atoms with van der Waals surface area (Å²) in [4.78, 5) is 11.9. The van der Waals surface area contributed by atoms with Crippen molar-refractivity contribution in [1.29, 1.82) is 0 Å². The standard InChI is InChI=1S/C8H8BrClO3S.C2H6/c1-3-4(5(9)7(10)14-3)6(11)8(12)13-2;1-2/h6,11H,1-2H3;1-2H3. The lowest BCUT2D eigenvalue weighted by atomic mass is 10.1. The Labute approximate surface area is 113 Å². The topological polar surface area (TPSA) is 46.5 Å². The summed E-state index contributed by atoms with van der Waals surface area (Å²) in [7, 11) is 1.22. The summed E-state index contributed by atoms with van der Waals surface area (Å²) in [5.41, 5.74) is 0.479. The van der Waals surface area contributed by atoms with Crippen molar-refractivity contribution in [2.45, 2.75) is 26.9 Å². The van der Waals surface area contributed by atoms with Crippen LogP contribution >= 0.6 is 38.9 Å². The number of esters is 1. The number of halogens is 2. The quantitative estimate of drug-likeness (QED) is 0.841. The number of carbonyl (C=O) groups excluding carboxylic acids is 1. The highest BCUT2D eigenvalue weighted by molar-refractivity contribution is 9.10. The Hall–Kier alpha value is -0.100. The van der Waals surface area contributed by atoms with Gasteiger partial charge in [-0.3, -0.25) is 0 Å². The van der Waals surface area contributed by atoms with Crippen molar-refractivity contribution in [2.75, 3.05) is 7.11 Å². The Morgan fingerprint density at radius 3 is 2.38 bits per heavy atom. The fourth-order valence-electron chi connectivity index (χ4n) is 1.04. The third-order valence-electron chi connectivity index (χ3n) is 1.73. The molecule has 0 bridgehead atoms. The Morgan fingerprint density at radius 2 is 2.06 bits per heavy atom. The Balaban J connectivity index is 0.00000106. The maximum Gasteiger partial charge on any atom is 0.339 e. The van der Waals surface area contributed by atoms with Crippen LogP contribution in [0.3, 0.4) is 0 Å². The molecular formula is C10H14BrClO3S. The van der Waals surface area contributed by atoms with Crippen LogP contribution in [0.2, 0.25) is 4.34 Å². The molecule has 0 aliphatic carbocycles. The molecule has 1 unspecified atom stereocenters. The first kappa shape index (κ1) is 15.9. The highest BCUT2D eigenvalue weighted by Crippen LogP contribution is 2.40. The first-order chi connectivity index (χ1) is 7.49. The summed E-state index contributed by atoms with van der Waals surface area (Å²) in [5, 5.41) is 9.61. The Kier molecular flexibility index (Phi) is 7.22. The fraction of sp³-hybridized carbons (Fsp3) is 0.500. The van der Waals surface area contributed by atoms with Crippen LogP contribution in [-0.2, 0) is 9.53 Å². The molecule has 1 N–H and O–H groups in total. The third kappa shape index (κ3) is 3.45. The van der Waals surface area contributed by atoms with E-state index in [1.54, 1.807) is 6.92 Å². The largest absolute Gasteiger partial charge is 0.467 e. The SMILES string of the molecule is CC.COC(=O)C(O)c1c(C)sc(Cl)c1Br. The van der Waals surface area contributed by atoms with Crippen molar-refractivity contribution >= 4 is 44.8 Å². The molecule has 0 aromatic carbocycles. The van der Waals surface area contributed by atoms with Crippen LogP contribution in [0.15, 0.2) is 4.47 Å². The van der Waals surface area contributed by atoms with Gasteiger partial charge < -0.3 is 9.84 Å². The zero-order valence-electron chi connectivity index (χ0n) is 9.51. The van der Waals surface area contributed by atoms with E-state index in [1.807, 2.05) is 13.8 Å². The van der Waals surface area contributed by atoms with Crippen LogP contribution in [0.25, 0.3) is 0 Å². The predicted molar refractivity (Wildman–Crippen MR) is 70.1 cm³/mol. The van der Waals surface area contributed by atoms with E-state index in [0.717, 1.165) is 4.88 Å². The minimum atomic E-state index is -1.28. The van der Waals surface area contributed by atoms with Gasteiger partial charge in [-0.15, -0.1) is 11.3 Å².